The van der Waals surface area contributed by atoms with Crippen molar-refractivity contribution in [3.05, 3.63) is 94.0 Å². The third-order valence-electron chi connectivity index (χ3n) is 7.54. The van der Waals surface area contributed by atoms with E-state index in [1.165, 1.54) is 12.4 Å². The molecule has 0 bridgehead atoms. The Labute approximate surface area is 232 Å². The molecule has 0 spiro atoms. The first kappa shape index (κ1) is 26.1. The van der Waals surface area contributed by atoms with Gasteiger partial charge in [0.2, 0.25) is 0 Å². The van der Waals surface area contributed by atoms with E-state index in [0.717, 1.165) is 46.7 Å². The standard InChI is InChI=1S/C29H25ClF2N6O2/c30-19-12-22(26(27(31)32)34-14-19)28(39)36-20-7-5-17(6-8-20)15-37-24-3-1-2-4-25(24)38(29(37)40)21-9-10-23-18(11-21)13-33-16-35-23/h1-4,9-14,16-17,20,27H,5-8,15H2,(H,36,39). The van der Waals surface area contributed by atoms with Crippen molar-refractivity contribution in [3.63, 3.8) is 0 Å². The van der Waals surface area contributed by atoms with E-state index in [1.54, 1.807) is 10.8 Å². The number of hydrogen-bond donors (Lipinski definition) is 1. The van der Waals surface area contributed by atoms with E-state index in [2.05, 4.69) is 20.3 Å². The normalized spacial score (nSPS) is 17.5. The predicted molar refractivity (Wildman–Crippen MR) is 148 cm³/mol. The third kappa shape index (κ3) is 4.95. The molecule has 2 aromatic carbocycles. The molecule has 6 rings (SSSR count). The summed E-state index contributed by atoms with van der Waals surface area (Å²) >= 11 is 5.90. The van der Waals surface area contributed by atoms with E-state index >= 15 is 0 Å². The summed E-state index contributed by atoms with van der Waals surface area (Å²) < 4.78 is 30.2. The lowest BCUT2D eigenvalue weighted by molar-refractivity contribution is 0.0904. The van der Waals surface area contributed by atoms with Gasteiger partial charge in [-0.1, -0.05) is 23.7 Å². The number of amides is 1. The Morgan fingerprint density at radius 1 is 1.02 bits per heavy atom. The Balaban J connectivity index is 1.19. The number of para-hydroxylation sites is 2. The molecule has 204 valence electrons. The molecule has 8 nitrogen and oxygen atoms in total. The molecule has 11 heteroatoms. The molecule has 1 saturated carbocycles. The summed E-state index contributed by atoms with van der Waals surface area (Å²) in [6.45, 7) is 0.539. The monoisotopic (exact) mass is 562 g/mol. The molecule has 0 radical (unpaired) electrons. The molecule has 3 heterocycles. The zero-order valence-corrected chi connectivity index (χ0v) is 22.1. The SMILES string of the molecule is O=C(NC1CCC(Cn2c(=O)n(-c3ccc4ncncc4c3)c3ccccc32)CC1)c1cc(Cl)cnc1C(F)F. The molecule has 0 aliphatic heterocycles. The highest BCUT2D eigenvalue weighted by molar-refractivity contribution is 6.30. The lowest BCUT2D eigenvalue weighted by atomic mass is 9.85. The Kier molecular flexibility index (Phi) is 7.02. The first-order chi connectivity index (χ1) is 19.4. The summed E-state index contributed by atoms with van der Waals surface area (Å²) in [7, 11) is 0. The fourth-order valence-electron chi connectivity index (χ4n) is 5.56. The highest BCUT2D eigenvalue weighted by Gasteiger charge is 2.27. The van der Waals surface area contributed by atoms with Crippen LogP contribution in [0.2, 0.25) is 5.02 Å². The zero-order valence-electron chi connectivity index (χ0n) is 21.3. The minimum atomic E-state index is -2.88. The number of benzene rings is 2. The van der Waals surface area contributed by atoms with Gasteiger partial charge in [0.15, 0.2) is 0 Å². The van der Waals surface area contributed by atoms with Crippen molar-refractivity contribution in [2.45, 2.75) is 44.7 Å². The number of aromatic nitrogens is 5. The molecular formula is C29H25ClF2N6O2. The minimum Gasteiger partial charge on any atom is -0.349 e. The van der Waals surface area contributed by atoms with E-state index in [-0.39, 0.29) is 28.2 Å². The summed E-state index contributed by atoms with van der Waals surface area (Å²) in [5, 5.41) is 3.84. The fourth-order valence-corrected chi connectivity index (χ4v) is 5.72. The Bertz CT molecular complexity index is 1780. The highest BCUT2D eigenvalue weighted by Crippen LogP contribution is 2.29. The molecule has 1 aliphatic carbocycles. The molecule has 1 N–H and O–H groups in total. The molecule has 40 heavy (non-hydrogen) atoms. The van der Waals surface area contributed by atoms with Crippen molar-refractivity contribution in [1.29, 1.82) is 0 Å². The van der Waals surface area contributed by atoms with Gasteiger partial charge < -0.3 is 5.32 Å². The van der Waals surface area contributed by atoms with Gasteiger partial charge in [-0.2, -0.15) is 0 Å². The van der Waals surface area contributed by atoms with Gasteiger partial charge in [0.25, 0.3) is 12.3 Å². The van der Waals surface area contributed by atoms with Crippen LogP contribution in [0.3, 0.4) is 0 Å². The molecule has 0 atom stereocenters. The summed E-state index contributed by atoms with van der Waals surface area (Å²) in [6, 6.07) is 14.5. The van der Waals surface area contributed by atoms with Crippen molar-refractivity contribution in [3.8, 4) is 5.69 Å². The average molecular weight is 563 g/mol. The van der Waals surface area contributed by atoms with Crippen molar-refractivity contribution < 1.29 is 13.6 Å². The number of pyridine rings is 1. The van der Waals surface area contributed by atoms with Crippen LogP contribution in [0.15, 0.2) is 72.0 Å². The number of nitrogens with one attached hydrogen (secondary N) is 1. The summed E-state index contributed by atoms with van der Waals surface area (Å²) in [5.74, 6) is -0.381. The van der Waals surface area contributed by atoms with Gasteiger partial charge in [-0.25, -0.2) is 23.5 Å². The van der Waals surface area contributed by atoms with Gasteiger partial charge in [-0.3, -0.25) is 18.9 Å². The molecule has 3 aromatic heterocycles. The Hall–Kier alpha value is -4.18. The van der Waals surface area contributed by atoms with E-state index in [4.69, 9.17) is 11.6 Å². The fraction of sp³-hybridized carbons (Fsp3) is 0.276. The minimum absolute atomic E-state index is 0.124. The maximum atomic E-state index is 13.7. The first-order valence-corrected chi connectivity index (χ1v) is 13.4. The van der Waals surface area contributed by atoms with Gasteiger partial charge in [0, 0.05) is 30.4 Å². The van der Waals surface area contributed by atoms with Gasteiger partial charge in [-0.05, 0) is 68.0 Å². The summed E-state index contributed by atoms with van der Waals surface area (Å²) in [5.41, 5.74) is 2.30. The van der Waals surface area contributed by atoms with Crippen LogP contribution >= 0.6 is 11.6 Å². The Morgan fingerprint density at radius 3 is 2.58 bits per heavy atom. The van der Waals surface area contributed by atoms with E-state index in [1.807, 2.05) is 47.0 Å². The molecule has 5 aromatic rings. The zero-order chi connectivity index (χ0) is 27.8. The number of imidazole rings is 1. The second-order valence-electron chi connectivity index (χ2n) is 10.1. The van der Waals surface area contributed by atoms with Crippen LogP contribution in [0.5, 0.6) is 0 Å². The van der Waals surface area contributed by atoms with Crippen molar-refractivity contribution in [2.24, 2.45) is 5.92 Å². The number of fused-ring (bicyclic) bond motifs is 2. The molecule has 0 unspecified atom stereocenters. The van der Waals surface area contributed by atoms with E-state index in [9.17, 15) is 18.4 Å². The van der Waals surface area contributed by atoms with E-state index in [0.29, 0.717) is 19.4 Å². The van der Waals surface area contributed by atoms with Crippen LogP contribution in [-0.4, -0.2) is 36.0 Å². The molecule has 1 amide bonds. The van der Waals surface area contributed by atoms with Crippen LogP contribution in [0.25, 0.3) is 27.6 Å². The van der Waals surface area contributed by atoms with Crippen LogP contribution in [0, 0.1) is 5.92 Å². The molecule has 1 fully saturated rings. The topological polar surface area (TPSA) is 94.7 Å². The van der Waals surface area contributed by atoms with Crippen LogP contribution in [-0.2, 0) is 6.54 Å². The number of hydrogen-bond acceptors (Lipinski definition) is 5. The predicted octanol–water partition coefficient (Wildman–Crippen LogP) is 5.71. The maximum Gasteiger partial charge on any atom is 0.333 e. The second kappa shape index (κ2) is 10.8. The molecule has 0 saturated heterocycles. The summed E-state index contributed by atoms with van der Waals surface area (Å²) in [6.07, 6.45) is 4.36. The lowest BCUT2D eigenvalue weighted by Crippen LogP contribution is -2.39. The van der Waals surface area contributed by atoms with Gasteiger partial charge in [0.1, 0.15) is 12.0 Å². The lowest BCUT2D eigenvalue weighted by Gasteiger charge is -2.29. The quantitative estimate of drug-likeness (QED) is 0.286. The van der Waals surface area contributed by atoms with Gasteiger partial charge >= 0.3 is 5.69 Å². The maximum absolute atomic E-state index is 13.7. The number of carbonyl (C=O) groups excluding carboxylic acids is 1. The second-order valence-corrected chi connectivity index (χ2v) is 10.5. The van der Waals surface area contributed by atoms with Crippen molar-refractivity contribution in [2.75, 3.05) is 0 Å². The van der Waals surface area contributed by atoms with Gasteiger partial charge in [-0.15, -0.1) is 0 Å². The number of rotatable bonds is 6. The largest absolute Gasteiger partial charge is 0.349 e. The number of halogens is 3. The third-order valence-corrected chi connectivity index (χ3v) is 7.75. The summed E-state index contributed by atoms with van der Waals surface area (Å²) in [4.78, 5) is 38.5. The van der Waals surface area contributed by atoms with Crippen LogP contribution in [0.4, 0.5) is 8.78 Å². The number of nitrogens with zero attached hydrogens (tertiary/aromatic N) is 5. The van der Waals surface area contributed by atoms with Gasteiger partial charge in [0.05, 0.1) is 32.8 Å². The average Bonchev–Trinajstić information content (AvgIpc) is 3.24. The van der Waals surface area contributed by atoms with Crippen molar-refractivity contribution in [1.82, 2.24) is 29.4 Å². The van der Waals surface area contributed by atoms with Crippen LogP contribution < -0.4 is 11.0 Å². The molecule has 1 aliphatic rings. The smallest absolute Gasteiger partial charge is 0.333 e. The van der Waals surface area contributed by atoms with Crippen molar-refractivity contribution >= 4 is 39.4 Å². The number of alkyl halides is 2. The molecular weight excluding hydrogens is 538 g/mol. The highest BCUT2D eigenvalue weighted by atomic mass is 35.5. The van der Waals surface area contributed by atoms with Crippen LogP contribution in [0.1, 0.15) is 48.2 Å². The Morgan fingerprint density at radius 2 is 1.80 bits per heavy atom. The number of carbonyl (C=O) groups is 1. The first-order valence-electron chi connectivity index (χ1n) is 13.0. The van der Waals surface area contributed by atoms with E-state index < -0.39 is 18.0 Å².